The fraction of sp³-hybridized carbons (Fsp3) is 0.250. The van der Waals surface area contributed by atoms with Crippen molar-refractivity contribution in [1.29, 1.82) is 0 Å². The first-order valence-electron chi connectivity index (χ1n) is 5.20. The van der Waals surface area contributed by atoms with Crippen LogP contribution in [-0.2, 0) is 13.5 Å². The highest BCUT2D eigenvalue weighted by molar-refractivity contribution is 9.10. The van der Waals surface area contributed by atoms with E-state index in [9.17, 15) is 8.78 Å². The number of rotatable bonds is 2. The molecule has 17 heavy (non-hydrogen) atoms. The van der Waals surface area contributed by atoms with Crippen molar-refractivity contribution >= 4 is 15.9 Å². The Kier molecular flexibility index (Phi) is 3.28. The highest BCUT2D eigenvalue weighted by Crippen LogP contribution is 2.31. The van der Waals surface area contributed by atoms with Crippen LogP contribution in [0.5, 0.6) is 0 Å². The molecule has 1 aromatic carbocycles. The SMILES string of the molecule is CCc1nn(C)c(-c2cc(F)cc(F)c2)c1Br. The third kappa shape index (κ3) is 2.24. The van der Waals surface area contributed by atoms with E-state index in [2.05, 4.69) is 21.0 Å². The van der Waals surface area contributed by atoms with Crippen molar-refractivity contribution in [3.05, 3.63) is 40.0 Å². The van der Waals surface area contributed by atoms with Crippen LogP contribution < -0.4 is 0 Å². The standard InChI is InChI=1S/C12H11BrF2N2/c1-3-10-11(13)12(17(2)16-10)7-4-8(14)6-9(15)5-7/h4-6H,3H2,1-2H3. The fourth-order valence-corrected chi connectivity index (χ4v) is 2.63. The Morgan fingerprint density at radius 1 is 1.24 bits per heavy atom. The molecule has 0 atom stereocenters. The number of hydrogen-bond donors (Lipinski definition) is 0. The summed E-state index contributed by atoms with van der Waals surface area (Å²) in [6, 6.07) is 3.45. The molecule has 0 saturated heterocycles. The summed E-state index contributed by atoms with van der Waals surface area (Å²) in [4.78, 5) is 0. The molecule has 1 heterocycles. The van der Waals surface area contributed by atoms with E-state index < -0.39 is 11.6 Å². The van der Waals surface area contributed by atoms with Crippen molar-refractivity contribution in [2.24, 2.45) is 7.05 Å². The van der Waals surface area contributed by atoms with Gasteiger partial charge in [-0.1, -0.05) is 6.92 Å². The van der Waals surface area contributed by atoms with E-state index in [4.69, 9.17) is 0 Å². The van der Waals surface area contributed by atoms with Crippen LogP contribution in [0.1, 0.15) is 12.6 Å². The summed E-state index contributed by atoms with van der Waals surface area (Å²) in [6.45, 7) is 1.98. The van der Waals surface area contributed by atoms with Gasteiger partial charge in [-0.3, -0.25) is 4.68 Å². The maximum atomic E-state index is 13.2. The Bertz CT molecular complexity index is 544. The predicted octanol–water partition coefficient (Wildman–Crippen LogP) is 3.69. The Morgan fingerprint density at radius 2 is 1.82 bits per heavy atom. The van der Waals surface area contributed by atoms with Crippen LogP contribution in [0, 0.1) is 11.6 Å². The predicted molar refractivity (Wildman–Crippen MR) is 65.6 cm³/mol. The van der Waals surface area contributed by atoms with Gasteiger partial charge in [0.15, 0.2) is 0 Å². The molecule has 0 aliphatic carbocycles. The first kappa shape index (κ1) is 12.2. The minimum atomic E-state index is -0.592. The van der Waals surface area contributed by atoms with Gasteiger partial charge in [0.05, 0.1) is 15.9 Å². The van der Waals surface area contributed by atoms with Crippen molar-refractivity contribution in [2.45, 2.75) is 13.3 Å². The lowest BCUT2D eigenvalue weighted by Crippen LogP contribution is -1.95. The van der Waals surface area contributed by atoms with Crippen LogP contribution in [0.3, 0.4) is 0 Å². The average Bonchev–Trinajstić information content (AvgIpc) is 2.52. The number of benzene rings is 1. The Hall–Kier alpha value is -1.23. The van der Waals surface area contributed by atoms with Gasteiger partial charge in [0.25, 0.3) is 0 Å². The van der Waals surface area contributed by atoms with Crippen molar-refractivity contribution < 1.29 is 8.78 Å². The van der Waals surface area contributed by atoms with Crippen LogP contribution in [-0.4, -0.2) is 9.78 Å². The first-order chi connectivity index (χ1) is 8.02. The summed E-state index contributed by atoms with van der Waals surface area (Å²) in [5.41, 5.74) is 2.02. The van der Waals surface area contributed by atoms with E-state index in [0.29, 0.717) is 11.3 Å². The van der Waals surface area contributed by atoms with Crippen LogP contribution in [0.4, 0.5) is 8.78 Å². The quantitative estimate of drug-likeness (QED) is 0.827. The van der Waals surface area contributed by atoms with Gasteiger partial charge in [0.2, 0.25) is 0 Å². The number of aromatic nitrogens is 2. The summed E-state index contributed by atoms with van der Waals surface area (Å²) >= 11 is 3.42. The molecule has 2 rings (SSSR count). The topological polar surface area (TPSA) is 17.8 Å². The molecule has 0 spiro atoms. The van der Waals surface area contributed by atoms with Gasteiger partial charge in [0, 0.05) is 18.7 Å². The second kappa shape index (κ2) is 4.56. The Morgan fingerprint density at radius 3 is 2.29 bits per heavy atom. The van der Waals surface area contributed by atoms with Gasteiger partial charge in [-0.15, -0.1) is 0 Å². The number of nitrogens with zero attached hydrogens (tertiary/aromatic N) is 2. The Balaban J connectivity index is 2.63. The van der Waals surface area contributed by atoms with Crippen molar-refractivity contribution in [1.82, 2.24) is 9.78 Å². The third-order valence-corrected chi connectivity index (χ3v) is 3.36. The summed E-state index contributed by atoms with van der Waals surface area (Å²) in [5, 5.41) is 4.29. The minimum absolute atomic E-state index is 0.476. The molecule has 0 saturated carbocycles. The van der Waals surface area contributed by atoms with E-state index in [-0.39, 0.29) is 0 Å². The molecule has 0 bridgehead atoms. The lowest BCUT2D eigenvalue weighted by atomic mass is 10.1. The van der Waals surface area contributed by atoms with Gasteiger partial charge in [-0.05, 0) is 34.5 Å². The van der Waals surface area contributed by atoms with Crippen LogP contribution in [0.2, 0.25) is 0 Å². The molecular formula is C12H11BrF2N2. The van der Waals surface area contributed by atoms with Crippen molar-refractivity contribution in [3.8, 4) is 11.3 Å². The van der Waals surface area contributed by atoms with Gasteiger partial charge in [0.1, 0.15) is 11.6 Å². The van der Waals surface area contributed by atoms with Gasteiger partial charge < -0.3 is 0 Å². The fourth-order valence-electron chi connectivity index (χ4n) is 1.78. The van der Waals surface area contributed by atoms with E-state index in [1.54, 1.807) is 11.7 Å². The second-order valence-corrected chi connectivity index (χ2v) is 4.54. The average molecular weight is 301 g/mol. The Labute approximate surface area is 106 Å². The highest BCUT2D eigenvalue weighted by atomic mass is 79.9. The summed E-state index contributed by atoms with van der Waals surface area (Å²) in [5.74, 6) is -1.18. The van der Waals surface area contributed by atoms with Gasteiger partial charge in [-0.25, -0.2) is 8.78 Å². The maximum absolute atomic E-state index is 13.2. The summed E-state index contributed by atoms with van der Waals surface area (Å²) < 4.78 is 28.8. The van der Waals surface area contributed by atoms with E-state index >= 15 is 0 Å². The molecule has 5 heteroatoms. The number of hydrogen-bond acceptors (Lipinski definition) is 1. The van der Waals surface area contributed by atoms with E-state index in [1.807, 2.05) is 6.92 Å². The normalized spacial score (nSPS) is 10.9. The highest BCUT2D eigenvalue weighted by Gasteiger charge is 2.15. The zero-order valence-electron chi connectivity index (χ0n) is 9.47. The van der Waals surface area contributed by atoms with E-state index in [1.165, 1.54) is 12.1 Å². The molecule has 0 aliphatic rings. The molecule has 0 aliphatic heterocycles. The number of halogens is 3. The molecule has 90 valence electrons. The lowest BCUT2D eigenvalue weighted by Gasteiger charge is -2.03. The van der Waals surface area contributed by atoms with Crippen molar-refractivity contribution in [3.63, 3.8) is 0 Å². The van der Waals surface area contributed by atoms with E-state index in [0.717, 1.165) is 22.7 Å². The molecule has 2 aromatic rings. The second-order valence-electron chi connectivity index (χ2n) is 3.74. The zero-order chi connectivity index (χ0) is 12.6. The summed E-state index contributed by atoms with van der Waals surface area (Å²) in [7, 11) is 1.75. The maximum Gasteiger partial charge on any atom is 0.126 e. The first-order valence-corrected chi connectivity index (χ1v) is 6.00. The molecule has 0 unspecified atom stereocenters. The molecule has 0 N–H and O–H groups in total. The van der Waals surface area contributed by atoms with Crippen molar-refractivity contribution in [2.75, 3.05) is 0 Å². The number of aryl methyl sites for hydroxylation is 2. The minimum Gasteiger partial charge on any atom is -0.266 e. The van der Waals surface area contributed by atoms with Crippen LogP contribution in [0.25, 0.3) is 11.3 Å². The summed E-state index contributed by atoms with van der Waals surface area (Å²) in [6.07, 6.45) is 0.756. The molecule has 0 fully saturated rings. The smallest absolute Gasteiger partial charge is 0.126 e. The molecular weight excluding hydrogens is 290 g/mol. The largest absolute Gasteiger partial charge is 0.266 e. The van der Waals surface area contributed by atoms with Gasteiger partial charge >= 0.3 is 0 Å². The van der Waals surface area contributed by atoms with Crippen LogP contribution >= 0.6 is 15.9 Å². The molecule has 1 aromatic heterocycles. The monoisotopic (exact) mass is 300 g/mol. The zero-order valence-corrected chi connectivity index (χ0v) is 11.1. The third-order valence-electron chi connectivity index (χ3n) is 2.53. The molecule has 0 radical (unpaired) electrons. The van der Waals surface area contributed by atoms with Crippen LogP contribution in [0.15, 0.2) is 22.7 Å². The lowest BCUT2D eigenvalue weighted by molar-refractivity contribution is 0.583. The van der Waals surface area contributed by atoms with Gasteiger partial charge in [-0.2, -0.15) is 5.10 Å². The molecule has 0 amide bonds. The molecule has 2 nitrogen and oxygen atoms in total.